The summed E-state index contributed by atoms with van der Waals surface area (Å²) in [5.74, 6) is -2.03. The van der Waals surface area contributed by atoms with Crippen LogP contribution in [-0.2, 0) is 14.4 Å². The van der Waals surface area contributed by atoms with Crippen LogP contribution in [0.4, 0.5) is 11.4 Å². The molecule has 3 saturated heterocycles. The van der Waals surface area contributed by atoms with Crippen molar-refractivity contribution in [3.8, 4) is 0 Å². The van der Waals surface area contributed by atoms with Gasteiger partial charge in [-0.3, -0.25) is 14.4 Å². The maximum atomic E-state index is 14.5. The molecule has 3 fully saturated rings. The molecule has 0 aromatic heterocycles. The summed E-state index contributed by atoms with van der Waals surface area (Å²) in [6, 6.07) is 15.4. The molecule has 3 heterocycles. The average Bonchev–Trinajstić information content (AvgIpc) is 3.54. The van der Waals surface area contributed by atoms with Crippen molar-refractivity contribution in [1.29, 1.82) is 0 Å². The summed E-state index contributed by atoms with van der Waals surface area (Å²) in [5, 5.41) is 10.3. The van der Waals surface area contributed by atoms with E-state index in [9.17, 15) is 19.5 Å². The highest BCUT2D eigenvalue weighted by Gasteiger charge is 2.76. The molecule has 0 radical (unpaired) electrons. The van der Waals surface area contributed by atoms with Crippen LogP contribution in [0.3, 0.4) is 0 Å². The topological polar surface area (TPSA) is 81.2 Å². The Hall–Kier alpha value is -2.59. The SMILES string of the molecule is C=CCN(C(=O)C1N(CCO)C(=O)[C@@H]2[C@@H](C(=O)N(CC=C)c3ccccc3)[C@@H]3SC12CC3Br)c1ccc(Cl)cc1. The Morgan fingerprint density at radius 3 is 2.25 bits per heavy atom. The number of rotatable bonds is 10. The number of hydrogen-bond acceptors (Lipinski definition) is 5. The van der Waals surface area contributed by atoms with Gasteiger partial charge in [0.05, 0.1) is 23.2 Å². The zero-order valence-electron chi connectivity index (χ0n) is 21.9. The number of benzene rings is 2. The molecule has 1 spiro atoms. The number of hydrogen-bond donors (Lipinski definition) is 1. The van der Waals surface area contributed by atoms with Crippen molar-refractivity contribution in [1.82, 2.24) is 4.90 Å². The Labute approximate surface area is 252 Å². The van der Waals surface area contributed by atoms with Crippen LogP contribution in [0.25, 0.3) is 0 Å². The summed E-state index contributed by atoms with van der Waals surface area (Å²) in [6.45, 7) is 7.92. The number of anilines is 2. The van der Waals surface area contributed by atoms with E-state index in [-0.39, 0.29) is 47.5 Å². The Balaban J connectivity index is 1.57. The van der Waals surface area contributed by atoms with Crippen molar-refractivity contribution in [3.63, 3.8) is 0 Å². The smallest absolute Gasteiger partial charge is 0.251 e. The lowest BCUT2D eigenvalue weighted by Gasteiger charge is -2.38. The first-order chi connectivity index (χ1) is 19.3. The highest BCUT2D eigenvalue weighted by atomic mass is 79.9. The molecule has 3 aliphatic heterocycles. The lowest BCUT2D eigenvalue weighted by Crippen LogP contribution is -2.56. The van der Waals surface area contributed by atoms with Crippen molar-refractivity contribution in [2.75, 3.05) is 36.0 Å². The molecule has 2 bridgehead atoms. The van der Waals surface area contributed by atoms with E-state index in [2.05, 4.69) is 29.1 Å². The maximum Gasteiger partial charge on any atom is 0.251 e. The number of amides is 3. The first-order valence-corrected chi connectivity index (χ1v) is 15.3. The van der Waals surface area contributed by atoms with Gasteiger partial charge >= 0.3 is 0 Å². The van der Waals surface area contributed by atoms with Gasteiger partial charge in [0.25, 0.3) is 5.91 Å². The van der Waals surface area contributed by atoms with Gasteiger partial charge in [-0.1, -0.05) is 57.9 Å². The van der Waals surface area contributed by atoms with Crippen LogP contribution in [0.15, 0.2) is 79.9 Å². The van der Waals surface area contributed by atoms with Gasteiger partial charge in [0.15, 0.2) is 0 Å². The van der Waals surface area contributed by atoms with Gasteiger partial charge in [0.1, 0.15) is 6.04 Å². The van der Waals surface area contributed by atoms with E-state index in [1.807, 2.05) is 30.3 Å². The van der Waals surface area contributed by atoms with Gasteiger partial charge in [0.2, 0.25) is 11.8 Å². The molecule has 3 aliphatic rings. The second-order valence-electron chi connectivity index (χ2n) is 10.2. The van der Waals surface area contributed by atoms with E-state index >= 15 is 0 Å². The molecular weight excluding hydrogens is 614 g/mol. The minimum absolute atomic E-state index is 0.00415. The Morgan fingerprint density at radius 2 is 1.65 bits per heavy atom. The Kier molecular flexibility index (Phi) is 8.47. The fraction of sp³-hybridized carbons (Fsp3) is 0.367. The number of halogens is 2. The predicted molar refractivity (Wildman–Crippen MR) is 164 cm³/mol. The van der Waals surface area contributed by atoms with Gasteiger partial charge in [-0.05, 0) is 42.8 Å². The molecule has 5 rings (SSSR count). The van der Waals surface area contributed by atoms with Gasteiger partial charge < -0.3 is 19.8 Å². The van der Waals surface area contributed by atoms with Gasteiger partial charge in [0, 0.05) is 46.1 Å². The number of likely N-dealkylation sites (tertiary alicyclic amines) is 1. The monoisotopic (exact) mass is 643 g/mol. The molecule has 40 heavy (non-hydrogen) atoms. The molecule has 1 N–H and O–H groups in total. The van der Waals surface area contributed by atoms with E-state index in [0.29, 0.717) is 23.7 Å². The molecule has 6 atom stereocenters. The van der Waals surface area contributed by atoms with Crippen LogP contribution in [0.5, 0.6) is 0 Å². The van der Waals surface area contributed by atoms with E-state index < -0.39 is 22.6 Å². The standard InChI is InChI=1S/C30H31BrClN3O4S/c1-3-14-33(20-8-6-5-7-9-20)27(37)23-24-28(38)35(16-17-36)26(30(24)18-22(31)25(23)40-30)29(39)34(15-4-2)21-12-10-19(32)11-13-21/h3-13,22-26,36H,1-2,14-18H2/t22?,23-,24+,25-,26?,30?/m1/s1. The van der Waals surface area contributed by atoms with E-state index in [4.69, 9.17) is 11.6 Å². The predicted octanol–water partition coefficient (Wildman–Crippen LogP) is 4.54. The minimum Gasteiger partial charge on any atom is -0.395 e. The third-order valence-corrected chi connectivity index (χ3v) is 11.5. The fourth-order valence-corrected chi connectivity index (χ4v) is 10.2. The van der Waals surface area contributed by atoms with Crippen LogP contribution in [0, 0.1) is 11.8 Å². The Morgan fingerprint density at radius 1 is 1.05 bits per heavy atom. The van der Waals surface area contributed by atoms with Gasteiger partial charge in [-0.2, -0.15) is 0 Å². The first kappa shape index (κ1) is 28.9. The van der Waals surface area contributed by atoms with Crippen molar-refractivity contribution < 1.29 is 19.5 Å². The molecular formula is C30H31BrClN3O4S. The first-order valence-electron chi connectivity index (χ1n) is 13.2. The molecule has 3 amide bonds. The molecule has 7 nitrogen and oxygen atoms in total. The number of thioether (sulfide) groups is 1. The third-order valence-electron chi connectivity index (χ3n) is 8.01. The van der Waals surface area contributed by atoms with E-state index in [1.165, 1.54) is 4.90 Å². The summed E-state index contributed by atoms with van der Waals surface area (Å²) in [5.41, 5.74) is 1.36. The quantitative estimate of drug-likeness (QED) is 0.304. The van der Waals surface area contributed by atoms with Gasteiger partial charge in [-0.25, -0.2) is 0 Å². The summed E-state index contributed by atoms with van der Waals surface area (Å²) < 4.78 is -0.828. The van der Waals surface area contributed by atoms with E-state index in [1.54, 1.807) is 58.0 Å². The highest BCUT2D eigenvalue weighted by Crippen LogP contribution is 2.68. The second-order valence-corrected chi connectivity index (χ2v) is 13.4. The number of para-hydroxylation sites is 1. The number of nitrogens with zero attached hydrogens (tertiary/aromatic N) is 3. The highest BCUT2D eigenvalue weighted by molar-refractivity contribution is 9.09. The van der Waals surface area contributed by atoms with Crippen molar-refractivity contribution in [2.24, 2.45) is 11.8 Å². The van der Waals surface area contributed by atoms with Gasteiger partial charge in [-0.15, -0.1) is 24.9 Å². The number of fused-ring (bicyclic) bond motifs is 1. The van der Waals surface area contributed by atoms with Crippen LogP contribution < -0.4 is 9.80 Å². The van der Waals surface area contributed by atoms with Crippen LogP contribution in [0.2, 0.25) is 5.02 Å². The molecule has 0 aliphatic carbocycles. The maximum absolute atomic E-state index is 14.5. The normalized spacial score (nSPS) is 28.3. The van der Waals surface area contributed by atoms with Crippen molar-refractivity contribution in [3.05, 3.63) is 84.9 Å². The molecule has 2 aromatic carbocycles. The Bertz CT molecular complexity index is 1310. The second kappa shape index (κ2) is 11.7. The van der Waals surface area contributed by atoms with E-state index in [0.717, 1.165) is 5.69 Å². The number of β-amino-alcohol motifs (C(OH)–C–C–N with tert-alkyl or cyclic N) is 1. The molecule has 2 aromatic rings. The number of carbonyl (C=O) groups excluding carboxylic acids is 3. The molecule has 3 unspecified atom stereocenters. The number of alkyl halides is 1. The number of aliphatic hydroxyl groups is 1. The summed E-state index contributed by atoms with van der Waals surface area (Å²) in [4.78, 5) is 47.6. The summed E-state index contributed by atoms with van der Waals surface area (Å²) >= 11 is 11.5. The number of aliphatic hydroxyl groups excluding tert-OH is 1. The van der Waals surface area contributed by atoms with Crippen molar-refractivity contribution >= 4 is 68.4 Å². The molecule has 0 saturated carbocycles. The lowest BCUT2D eigenvalue weighted by molar-refractivity contribution is -0.139. The van der Waals surface area contributed by atoms with Crippen molar-refractivity contribution in [2.45, 2.75) is 27.3 Å². The average molecular weight is 645 g/mol. The largest absolute Gasteiger partial charge is 0.395 e. The number of carbonyl (C=O) groups is 3. The minimum atomic E-state index is -0.856. The van der Waals surface area contributed by atoms with Crippen LogP contribution in [-0.4, -0.2) is 74.8 Å². The fourth-order valence-electron chi connectivity index (χ4n) is 6.50. The van der Waals surface area contributed by atoms with Crippen LogP contribution >= 0.6 is 39.3 Å². The summed E-state index contributed by atoms with van der Waals surface area (Å²) in [6.07, 6.45) is 3.86. The third kappa shape index (κ3) is 4.70. The zero-order chi connectivity index (χ0) is 28.6. The summed E-state index contributed by atoms with van der Waals surface area (Å²) in [7, 11) is 0. The molecule has 210 valence electrons. The lowest BCUT2D eigenvalue weighted by atomic mass is 9.70. The zero-order valence-corrected chi connectivity index (χ0v) is 25.0. The molecule has 10 heteroatoms. The van der Waals surface area contributed by atoms with Crippen LogP contribution in [0.1, 0.15) is 6.42 Å².